The van der Waals surface area contributed by atoms with E-state index >= 15 is 0 Å². The number of hydrogen-bond acceptors (Lipinski definition) is 6. The zero-order chi connectivity index (χ0) is 13.0. The van der Waals surface area contributed by atoms with E-state index < -0.39 is 4.92 Å². The molecule has 17 heavy (non-hydrogen) atoms. The van der Waals surface area contributed by atoms with Gasteiger partial charge in [0.2, 0.25) is 11.0 Å². The molecule has 1 heterocycles. The standard InChI is InChI=1S/C9H14ClN5O2/c1-6(14(2)3)4-11-9-7(15(16)17)8(10)12-5-13-9/h5-6H,4H2,1-3H3,(H,11,12,13). The lowest BCUT2D eigenvalue weighted by atomic mass is 10.3. The number of anilines is 1. The van der Waals surface area contributed by atoms with Crippen LogP contribution in [0.5, 0.6) is 0 Å². The average Bonchev–Trinajstić information content (AvgIpc) is 2.24. The number of rotatable bonds is 5. The van der Waals surface area contributed by atoms with E-state index in [-0.39, 0.29) is 22.7 Å². The monoisotopic (exact) mass is 259 g/mol. The summed E-state index contributed by atoms with van der Waals surface area (Å²) < 4.78 is 0. The minimum absolute atomic E-state index is 0.142. The van der Waals surface area contributed by atoms with Gasteiger partial charge in [-0.25, -0.2) is 9.97 Å². The molecule has 1 rings (SSSR count). The highest BCUT2D eigenvalue weighted by Gasteiger charge is 2.21. The fourth-order valence-corrected chi connectivity index (χ4v) is 1.28. The second-order valence-corrected chi connectivity index (χ2v) is 4.17. The Kier molecular flexibility index (Phi) is 4.59. The van der Waals surface area contributed by atoms with Crippen LogP contribution >= 0.6 is 11.6 Å². The van der Waals surface area contributed by atoms with Crippen LogP contribution in [-0.4, -0.2) is 46.5 Å². The van der Waals surface area contributed by atoms with Gasteiger partial charge in [0.1, 0.15) is 6.33 Å². The van der Waals surface area contributed by atoms with Crippen molar-refractivity contribution in [1.82, 2.24) is 14.9 Å². The van der Waals surface area contributed by atoms with Gasteiger partial charge in [0.15, 0.2) is 0 Å². The lowest BCUT2D eigenvalue weighted by Crippen LogP contribution is -2.31. The van der Waals surface area contributed by atoms with Gasteiger partial charge in [-0.05, 0) is 21.0 Å². The Morgan fingerprint density at radius 2 is 2.24 bits per heavy atom. The maximum absolute atomic E-state index is 10.8. The van der Waals surface area contributed by atoms with Crippen molar-refractivity contribution in [3.63, 3.8) is 0 Å². The van der Waals surface area contributed by atoms with E-state index in [1.165, 1.54) is 6.33 Å². The number of nitrogens with zero attached hydrogens (tertiary/aromatic N) is 4. The topological polar surface area (TPSA) is 84.2 Å². The molecular formula is C9H14ClN5O2. The van der Waals surface area contributed by atoms with Crippen molar-refractivity contribution in [2.24, 2.45) is 0 Å². The largest absolute Gasteiger partial charge is 0.363 e. The van der Waals surface area contributed by atoms with Crippen LogP contribution in [0.4, 0.5) is 11.5 Å². The van der Waals surface area contributed by atoms with E-state index in [2.05, 4.69) is 15.3 Å². The molecule has 0 aliphatic rings. The van der Waals surface area contributed by atoms with Crippen molar-refractivity contribution < 1.29 is 4.92 Å². The van der Waals surface area contributed by atoms with Gasteiger partial charge in [0, 0.05) is 12.6 Å². The lowest BCUT2D eigenvalue weighted by molar-refractivity contribution is -0.384. The van der Waals surface area contributed by atoms with Gasteiger partial charge < -0.3 is 10.2 Å². The molecule has 1 aromatic rings. The van der Waals surface area contributed by atoms with Gasteiger partial charge in [-0.15, -0.1) is 0 Å². The van der Waals surface area contributed by atoms with Crippen LogP contribution in [0.15, 0.2) is 6.33 Å². The Balaban J connectivity index is 2.84. The predicted molar refractivity (Wildman–Crippen MR) is 65.3 cm³/mol. The van der Waals surface area contributed by atoms with Crippen LogP contribution in [0.1, 0.15) is 6.92 Å². The molecule has 0 fully saturated rings. The van der Waals surface area contributed by atoms with Crippen LogP contribution in [-0.2, 0) is 0 Å². The molecule has 1 N–H and O–H groups in total. The number of hydrogen-bond donors (Lipinski definition) is 1. The molecule has 7 nitrogen and oxygen atoms in total. The molecule has 0 radical (unpaired) electrons. The molecule has 0 aromatic carbocycles. The van der Waals surface area contributed by atoms with Crippen LogP contribution in [0.2, 0.25) is 5.15 Å². The first-order chi connectivity index (χ1) is 7.93. The van der Waals surface area contributed by atoms with Crippen LogP contribution in [0.3, 0.4) is 0 Å². The van der Waals surface area contributed by atoms with Crippen LogP contribution in [0.25, 0.3) is 0 Å². The first kappa shape index (κ1) is 13.6. The highest BCUT2D eigenvalue weighted by molar-refractivity contribution is 6.31. The first-order valence-corrected chi connectivity index (χ1v) is 5.36. The van der Waals surface area contributed by atoms with Crippen LogP contribution in [0, 0.1) is 10.1 Å². The molecular weight excluding hydrogens is 246 g/mol. The number of likely N-dealkylation sites (N-methyl/N-ethyl adjacent to an activating group) is 1. The maximum atomic E-state index is 10.8. The second kappa shape index (κ2) is 5.74. The molecule has 1 unspecified atom stereocenters. The minimum Gasteiger partial charge on any atom is -0.363 e. The fourth-order valence-electron chi connectivity index (χ4n) is 1.08. The van der Waals surface area contributed by atoms with Gasteiger partial charge in [-0.2, -0.15) is 0 Å². The molecule has 0 saturated heterocycles. The van der Waals surface area contributed by atoms with Crippen molar-refractivity contribution in [2.45, 2.75) is 13.0 Å². The molecule has 1 atom stereocenters. The smallest absolute Gasteiger partial charge is 0.348 e. The Labute approximate surface area is 104 Å². The van der Waals surface area contributed by atoms with E-state index in [1.807, 2.05) is 25.9 Å². The van der Waals surface area contributed by atoms with E-state index in [1.54, 1.807) is 0 Å². The number of nitrogens with one attached hydrogen (secondary N) is 1. The Morgan fingerprint density at radius 1 is 1.59 bits per heavy atom. The molecule has 0 bridgehead atoms. The van der Waals surface area contributed by atoms with Crippen molar-refractivity contribution >= 4 is 23.1 Å². The molecule has 1 aromatic heterocycles. The highest BCUT2D eigenvalue weighted by Crippen LogP contribution is 2.28. The molecule has 0 amide bonds. The van der Waals surface area contributed by atoms with Crippen molar-refractivity contribution in [3.05, 3.63) is 21.6 Å². The Hall–Kier alpha value is -1.47. The quantitative estimate of drug-likeness (QED) is 0.489. The number of nitro groups is 1. The summed E-state index contributed by atoms with van der Waals surface area (Å²) >= 11 is 5.66. The molecule has 0 saturated carbocycles. The van der Waals surface area contributed by atoms with E-state index in [4.69, 9.17) is 11.6 Å². The van der Waals surface area contributed by atoms with E-state index in [9.17, 15) is 10.1 Å². The lowest BCUT2D eigenvalue weighted by Gasteiger charge is -2.20. The summed E-state index contributed by atoms with van der Waals surface area (Å²) in [5, 5.41) is 13.5. The minimum atomic E-state index is -0.592. The summed E-state index contributed by atoms with van der Waals surface area (Å²) in [7, 11) is 3.85. The van der Waals surface area contributed by atoms with Gasteiger partial charge in [-0.1, -0.05) is 11.6 Å². The zero-order valence-electron chi connectivity index (χ0n) is 9.85. The Bertz CT molecular complexity index is 412. The van der Waals surface area contributed by atoms with Gasteiger partial charge in [0.25, 0.3) is 0 Å². The second-order valence-electron chi connectivity index (χ2n) is 3.81. The predicted octanol–water partition coefficient (Wildman–Crippen LogP) is 1.40. The number of aromatic nitrogens is 2. The van der Waals surface area contributed by atoms with E-state index in [0.29, 0.717) is 6.54 Å². The summed E-state index contributed by atoms with van der Waals surface area (Å²) in [4.78, 5) is 19.6. The van der Waals surface area contributed by atoms with Gasteiger partial charge in [0.05, 0.1) is 4.92 Å². The third-order valence-electron chi connectivity index (χ3n) is 2.41. The Morgan fingerprint density at radius 3 is 2.76 bits per heavy atom. The molecule has 0 aliphatic carbocycles. The summed E-state index contributed by atoms with van der Waals surface area (Å²) in [6.45, 7) is 2.52. The third kappa shape index (κ3) is 3.50. The summed E-state index contributed by atoms with van der Waals surface area (Å²) in [6.07, 6.45) is 1.19. The average molecular weight is 260 g/mol. The van der Waals surface area contributed by atoms with Crippen molar-refractivity contribution in [1.29, 1.82) is 0 Å². The molecule has 0 aliphatic heterocycles. The van der Waals surface area contributed by atoms with Crippen molar-refractivity contribution in [2.75, 3.05) is 26.0 Å². The van der Waals surface area contributed by atoms with Gasteiger partial charge >= 0.3 is 5.69 Å². The zero-order valence-corrected chi connectivity index (χ0v) is 10.6. The fraction of sp³-hybridized carbons (Fsp3) is 0.556. The SMILES string of the molecule is CC(CNc1ncnc(Cl)c1[N+](=O)[O-])N(C)C. The van der Waals surface area contributed by atoms with Crippen molar-refractivity contribution in [3.8, 4) is 0 Å². The summed E-state index contributed by atoms with van der Waals surface area (Å²) in [6, 6.07) is 0.211. The third-order valence-corrected chi connectivity index (χ3v) is 2.68. The summed E-state index contributed by atoms with van der Waals surface area (Å²) in [5.74, 6) is 0.142. The summed E-state index contributed by atoms with van der Waals surface area (Å²) in [5.41, 5.74) is -0.292. The molecule has 8 heteroatoms. The van der Waals surface area contributed by atoms with Crippen LogP contribution < -0.4 is 5.32 Å². The maximum Gasteiger partial charge on any atom is 0.348 e. The highest BCUT2D eigenvalue weighted by atomic mass is 35.5. The van der Waals surface area contributed by atoms with E-state index in [0.717, 1.165) is 0 Å². The van der Waals surface area contributed by atoms with Gasteiger partial charge in [-0.3, -0.25) is 10.1 Å². The normalized spacial score (nSPS) is 12.5. The molecule has 94 valence electrons. The number of halogens is 1. The first-order valence-electron chi connectivity index (χ1n) is 4.98. The molecule has 0 spiro atoms.